The smallest absolute Gasteiger partial charge is 0.138 e. The highest BCUT2D eigenvalue weighted by Gasteiger charge is 2.19. The van der Waals surface area contributed by atoms with Crippen LogP contribution in [0, 0.1) is 0 Å². The Kier molecular flexibility index (Phi) is 3.06. The third-order valence-electron chi connectivity index (χ3n) is 3.43. The summed E-state index contributed by atoms with van der Waals surface area (Å²) in [5.41, 5.74) is 4.41. The lowest BCUT2D eigenvalue weighted by molar-refractivity contribution is 0.591. The maximum atomic E-state index is 6.03. The normalized spacial score (nSPS) is 12.0. The maximum Gasteiger partial charge on any atom is 0.138 e. The van der Waals surface area contributed by atoms with Crippen LogP contribution in [0.2, 0.25) is 5.02 Å². The fraction of sp³-hybridized carbons (Fsp3) is 0.235. The summed E-state index contributed by atoms with van der Waals surface area (Å²) >= 11 is 6.03. The van der Waals surface area contributed by atoms with Crippen LogP contribution in [0.4, 0.5) is 0 Å². The fourth-order valence-electron chi connectivity index (χ4n) is 2.45. The number of halogens is 1. The zero-order valence-corrected chi connectivity index (χ0v) is 12.6. The van der Waals surface area contributed by atoms with Gasteiger partial charge in [0.2, 0.25) is 0 Å². The molecule has 0 unspecified atom stereocenters. The molecule has 0 bridgehead atoms. The van der Waals surface area contributed by atoms with Crippen molar-refractivity contribution in [1.82, 2.24) is 9.97 Å². The van der Waals surface area contributed by atoms with Gasteiger partial charge in [0.1, 0.15) is 5.82 Å². The van der Waals surface area contributed by atoms with Crippen LogP contribution in [-0.2, 0) is 5.41 Å². The van der Waals surface area contributed by atoms with Gasteiger partial charge in [-0.05, 0) is 29.2 Å². The highest BCUT2D eigenvalue weighted by Crippen LogP contribution is 2.32. The molecule has 1 N–H and O–H groups in total. The van der Waals surface area contributed by atoms with Gasteiger partial charge in [0.05, 0.1) is 11.0 Å². The Balaban J connectivity index is 2.21. The number of rotatable bonds is 1. The Hall–Kier alpha value is -1.80. The first-order chi connectivity index (χ1) is 9.45. The average Bonchev–Trinajstić information content (AvgIpc) is 2.80. The molecule has 3 aromatic rings. The molecule has 102 valence electrons. The first-order valence-electron chi connectivity index (χ1n) is 6.70. The molecule has 0 radical (unpaired) electrons. The van der Waals surface area contributed by atoms with Crippen molar-refractivity contribution in [2.75, 3.05) is 0 Å². The third-order valence-corrected chi connectivity index (χ3v) is 3.67. The Morgan fingerprint density at radius 1 is 1.05 bits per heavy atom. The maximum absolute atomic E-state index is 6.03. The number of hydrogen-bond donors (Lipinski definition) is 1. The molecule has 0 atom stereocenters. The summed E-state index contributed by atoms with van der Waals surface area (Å²) in [4.78, 5) is 8.05. The van der Waals surface area contributed by atoms with Gasteiger partial charge in [0.15, 0.2) is 0 Å². The average molecular weight is 285 g/mol. The SMILES string of the molecule is CC(C)(C)c1ccccc1-c1nc2ccc(Cl)cc2[nH]1. The van der Waals surface area contributed by atoms with Crippen LogP contribution in [0.5, 0.6) is 0 Å². The summed E-state index contributed by atoms with van der Waals surface area (Å²) in [5.74, 6) is 0.896. The van der Waals surface area contributed by atoms with Gasteiger partial charge in [-0.1, -0.05) is 56.6 Å². The van der Waals surface area contributed by atoms with E-state index in [1.807, 2.05) is 24.3 Å². The summed E-state index contributed by atoms with van der Waals surface area (Å²) in [6.07, 6.45) is 0. The molecule has 0 saturated carbocycles. The van der Waals surface area contributed by atoms with Gasteiger partial charge in [0, 0.05) is 10.6 Å². The van der Waals surface area contributed by atoms with Gasteiger partial charge in [-0.3, -0.25) is 0 Å². The van der Waals surface area contributed by atoms with E-state index in [1.54, 1.807) is 0 Å². The van der Waals surface area contributed by atoms with Crippen LogP contribution in [-0.4, -0.2) is 9.97 Å². The number of nitrogens with one attached hydrogen (secondary N) is 1. The summed E-state index contributed by atoms with van der Waals surface area (Å²) < 4.78 is 0. The second kappa shape index (κ2) is 4.64. The van der Waals surface area contributed by atoms with E-state index in [-0.39, 0.29) is 5.41 Å². The van der Waals surface area contributed by atoms with Crippen LogP contribution in [0.3, 0.4) is 0 Å². The van der Waals surface area contributed by atoms with E-state index in [2.05, 4.69) is 48.9 Å². The number of benzene rings is 2. The quantitative estimate of drug-likeness (QED) is 0.655. The second-order valence-corrected chi connectivity index (χ2v) is 6.48. The predicted octanol–water partition coefficient (Wildman–Crippen LogP) is 5.18. The zero-order valence-electron chi connectivity index (χ0n) is 11.9. The molecule has 0 aliphatic carbocycles. The molecule has 0 fully saturated rings. The lowest BCUT2D eigenvalue weighted by atomic mass is 9.83. The first kappa shape index (κ1) is 13.2. The fourth-order valence-corrected chi connectivity index (χ4v) is 2.63. The van der Waals surface area contributed by atoms with Crippen LogP contribution in [0.1, 0.15) is 26.3 Å². The number of hydrogen-bond acceptors (Lipinski definition) is 1. The van der Waals surface area contributed by atoms with Gasteiger partial charge >= 0.3 is 0 Å². The van der Waals surface area contributed by atoms with E-state index >= 15 is 0 Å². The van der Waals surface area contributed by atoms with Crippen LogP contribution < -0.4 is 0 Å². The Labute approximate surface area is 123 Å². The Morgan fingerprint density at radius 2 is 1.80 bits per heavy atom. The molecule has 1 aromatic heterocycles. The monoisotopic (exact) mass is 284 g/mol. The Bertz CT molecular complexity index is 766. The topological polar surface area (TPSA) is 28.7 Å². The van der Waals surface area contributed by atoms with E-state index < -0.39 is 0 Å². The van der Waals surface area contributed by atoms with Crippen molar-refractivity contribution in [3.8, 4) is 11.4 Å². The predicted molar refractivity (Wildman–Crippen MR) is 85.2 cm³/mol. The molecule has 20 heavy (non-hydrogen) atoms. The molecule has 0 aliphatic rings. The molecular weight excluding hydrogens is 268 g/mol. The molecule has 3 heteroatoms. The van der Waals surface area contributed by atoms with Crippen molar-refractivity contribution < 1.29 is 0 Å². The van der Waals surface area contributed by atoms with E-state index in [0.717, 1.165) is 27.4 Å². The number of nitrogens with zero attached hydrogens (tertiary/aromatic N) is 1. The molecule has 2 nitrogen and oxygen atoms in total. The van der Waals surface area contributed by atoms with Crippen molar-refractivity contribution in [2.45, 2.75) is 26.2 Å². The molecular formula is C17H17ClN2. The van der Waals surface area contributed by atoms with Crippen molar-refractivity contribution in [3.05, 3.63) is 53.1 Å². The summed E-state index contributed by atoms with van der Waals surface area (Å²) in [6, 6.07) is 14.1. The number of aromatic nitrogens is 2. The molecule has 3 rings (SSSR count). The molecule has 0 amide bonds. The summed E-state index contributed by atoms with van der Waals surface area (Å²) in [5, 5.41) is 0.719. The van der Waals surface area contributed by atoms with Crippen LogP contribution >= 0.6 is 11.6 Å². The third kappa shape index (κ3) is 2.32. The Morgan fingerprint density at radius 3 is 2.55 bits per heavy atom. The number of aromatic amines is 1. The minimum Gasteiger partial charge on any atom is -0.338 e. The van der Waals surface area contributed by atoms with E-state index in [4.69, 9.17) is 11.6 Å². The highest BCUT2D eigenvalue weighted by atomic mass is 35.5. The lowest BCUT2D eigenvalue weighted by Gasteiger charge is -2.21. The standard InChI is InChI=1S/C17H17ClN2/c1-17(2,3)13-7-5-4-6-12(13)16-19-14-9-8-11(18)10-15(14)20-16/h4-10H,1-3H3,(H,19,20). The molecule has 0 aliphatic heterocycles. The minimum absolute atomic E-state index is 0.0766. The molecule has 0 spiro atoms. The second-order valence-electron chi connectivity index (χ2n) is 6.04. The summed E-state index contributed by atoms with van der Waals surface area (Å²) in [7, 11) is 0. The zero-order chi connectivity index (χ0) is 14.3. The van der Waals surface area contributed by atoms with E-state index in [0.29, 0.717) is 0 Å². The summed E-state index contributed by atoms with van der Waals surface area (Å²) in [6.45, 7) is 6.64. The number of imidazole rings is 1. The van der Waals surface area contributed by atoms with E-state index in [1.165, 1.54) is 5.56 Å². The van der Waals surface area contributed by atoms with E-state index in [9.17, 15) is 0 Å². The van der Waals surface area contributed by atoms with Crippen molar-refractivity contribution in [1.29, 1.82) is 0 Å². The van der Waals surface area contributed by atoms with Gasteiger partial charge in [-0.15, -0.1) is 0 Å². The highest BCUT2D eigenvalue weighted by molar-refractivity contribution is 6.31. The molecule has 1 heterocycles. The first-order valence-corrected chi connectivity index (χ1v) is 7.08. The largest absolute Gasteiger partial charge is 0.338 e. The molecule has 0 saturated heterocycles. The van der Waals surface area contributed by atoms with Gasteiger partial charge in [-0.2, -0.15) is 0 Å². The minimum atomic E-state index is 0.0766. The van der Waals surface area contributed by atoms with Gasteiger partial charge < -0.3 is 4.98 Å². The van der Waals surface area contributed by atoms with Crippen molar-refractivity contribution in [2.24, 2.45) is 0 Å². The number of H-pyrrole nitrogens is 1. The van der Waals surface area contributed by atoms with Gasteiger partial charge in [-0.25, -0.2) is 4.98 Å². The van der Waals surface area contributed by atoms with Gasteiger partial charge in [0.25, 0.3) is 0 Å². The lowest BCUT2D eigenvalue weighted by Crippen LogP contribution is -2.12. The van der Waals surface area contributed by atoms with Crippen molar-refractivity contribution in [3.63, 3.8) is 0 Å². The van der Waals surface area contributed by atoms with Crippen LogP contribution in [0.15, 0.2) is 42.5 Å². The van der Waals surface area contributed by atoms with Crippen LogP contribution in [0.25, 0.3) is 22.4 Å². The molecule has 2 aromatic carbocycles. The van der Waals surface area contributed by atoms with Crippen molar-refractivity contribution >= 4 is 22.6 Å². The number of fused-ring (bicyclic) bond motifs is 1.